The summed E-state index contributed by atoms with van der Waals surface area (Å²) in [7, 11) is 0. The highest BCUT2D eigenvalue weighted by atomic mass is 19.4. The van der Waals surface area contributed by atoms with Gasteiger partial charge in [-0.05, 0) is 24.3 Å². The first-order valence-corrected chi connectivity index (χ1v) is 5.74. The van der Waals surface area contributed by atoms with E-state index in [1.54, 1.807) is 6.92 Å². The second-order valence-corrected chi connectivity index (χ2v) is 4.01. The molecular weight excluding hydrogens is 299 g/mol. The summed E-state index contributed by atoms with van der Waals surface area (Å²) in [6, 6.07) is 4.70. The van der Waals surface area contributed by atoms with Crippen molar-refractivity contribution in [1.82, 2.24) is 0 Å². The van der Waals surface area contributed by atoms with Gasteiger partial charge in [-0.1, -0.05) is 6.92 Å². The van der Waals surface area contributed by atoms with Crippen LogP contribution in [0.1, 0.15) is 13.3 Å². The van der Waals surface area contributed by atoms with Crippen LogP contribution in [-0.4, -0.2) is 23.9 Å². The molecule has 0 heterocycles. The number of hydrogen-bond donors (Lipinski definition) is 2. The molecule has 0 fully saturated rings. The van der Waals surface area contributed by atoms with E-state index in [4.69, 9.17) is 0 Å². The first-order chi connectivity index (χ1) is 9.57. The molecule has 0 aliphatic carbocycles. The van der Waals surface area contributed by atoms with Crippen LogP contribution in [0.25, 0.3) is 0 Å². The van der Waals surface area contributed by atoms with E-state index in [1.165, 1.54) is 17.4 Å². The first-order valence-electron chi connectivity index (χ1n) is 5.74. The Kier molecular flexibility index (Phi) is 4.87. The standard InChI is InChI=1S/C12H11F5N2O2/c1-2-9(20)18-7-3-5-8(6-4-7)19-10(21)11(13,14)12(15,16)17/h3-6H,2H2,1H3,(H,18,20)(H,19,21). The van der Waals surface area contributed by atoms with Gasteiger partial charge in [0.2, 0.25) is 5.91 Å². The van der Waals surface area contributed by atoms with Crippen molar-refractivity contribution in [2.24, 2.45) is 0 Å². The molecule has 9 heteroatoms. The van der Waals surface area contributed by atoms with Crippen molar-refractivity contribution in [2.45, 2.75) is 25.4 Å². The molecular formula is C12H11F5N2O2. The molecule has 0 radical (unpaired) electrons. The van der Waals surface area contributed by atoms with E-state index >= 15 is 0 Å². The van der Waals surface area contributed by atoms with Gasteiger partial charge >= 0.3 is 18.0 Å². The maximum Gasteiger partial charge on any atom is 0.463 e. The smallest absolute Gasteiger partial charge is 0.326 e. The van der Waals surface area contributed by atoms with Crippen molar-refractivity contribution in [3.8, 4) is 0 Å². The molecule has 2 amide bonds. The Bertz CT molecular complexity index is 525. The summed E-state index contributed by atoms with van der Waals surface area (Å²) in [6.07, 6.45) is -5.75. The minimum absolute atomic E-state index is 0.219. The number of benzene rings is 1. The lowest BCUT2D eigenvalue weighted by molar-refractivity contribution is -0.267. The molecule has 116 valence electrons. The Morgan fingerprint density at radius 1 is 0.952 bits per heavy atom. The lowest BCUT2D eigenvalue weighted by Crippen LogP contribution is -2.47. The molecule has 1 aromatic carbocycles. The summed E-state index contributed by atoms with van der Waals surface area (Å²) in [4.78, 5) is 22.0. The summed E-state index contributed by atoms with van der Waals surface area (Å²) in [5.74, 6) is -8.25. The molecule has 1 rings (SSSR count). The molecule has 0 spiro atoms. The number of carbonyl (C=O) groups excluding carboxylic acids is 2. The fourth-order valence-electron chi connectivity index (χ4n) is 1.22. The van der Waals surface area contributed by atoms with Gasteiger partial charge in [-0.2, -0.15) is 22.0 Å². The zero-order chi connectivity index (χ0) is 16.3. The third-order valence-electron chi connectivity index (χ3n) is 2.39. The van der Waals surface area contributed by atoms with Gasteiger partial charge in [-0.25, -0.2) is 0 Å². The molecule has 4 nitrogen and oxygen atoms in total. The number of halogens is 5. The van der Waals surface area contributed by atoms with Crippen molar-refractivity contribution in [3.05, 3.63) is 24.3 Å². The molecule has 0 aliphatic rings. The van der Waals surface area contributed by atoms with E-state index in [1.807, 2.05) is 0 Å². The Balaban J connectivity index is 2.76. The number of anilines is 2. The topological polar surface area (TPSA) is 58.2 Å². The zero-order valence-electron chi connectivity index (χ0n) is 10.7. The van der Waals surface area contributed by atoms with E-state index in [0.29, 0.717) is 5.69 Å². The van der Waals surface area contributed by atoms with Gasteiger partial charge in [0.05, 0.1) is 0 Å². The number of nitrogens with one attached hydrogen (secondary N) is 2. The number of carbonyl (C=O) groups is 2. The summed E-state index contributed by atoms with van der Waals surface area (Å²) >= 11 is 0. The fraction of sp³-hybridized carbons (Fsp3) is 0.333. The Hall–Kier alpha value is -2.19. The van der Waals surface area contributed by atoms with Gasteiger partial charge in [0.15, 0.2) is 0 Å². The minimum atomic E-state index is -5.97. The minimum Gasteiger partial charge on any atom is -0.326 e. The Labute approximate surface area is 116 Å². The average Bonchev–Trinajstić information content (AvgIpc) is 2.39. The molecule has 1 aromatic rings. The lowest BCUT2D eigenvalue weighted by atomic mass is 10.2. The molecule has 0 saturated heterocycles. The molecule has 0 aromatic heterocycles. The zero-order valence-corrected chi connectivity index (χ0v) is 10.7. The third kappa shape index (κ3) is 4.14. The van der Waals surface area contributed by atoms with E-state index in [-0.39, 0.29) is 18.0 Å². The van der Waals surface area contributed by atoms with Gasteiger partial charge < -0.3 is 10.6 Å². The SMILES string of the molecule is CCC(=O)Nc1ccc(NC(=O)C(F)(F)C(F)(F)F)cc1. The van der Waals surface area contributed by atoms with Crippen LogP contribution >= 0.6 is 0 Å². The summed E-state index contributed by atoms with van der Waals surface area (Å²) < 4.78 is 61.4. The quantitative estimate of drug-likeness (QED) is 0.839. The van der Waals surface area contributed by atoms with Crippen molar-refractivity contribution >= 4 is 23.2 Å². The highest BCUT2D eigenvalue weighted by Crippen LogP contribution is 2.36. The molecule has 2 N–H and O–H groups in total. The lowest BCUT2D eigenvalue weighted by Gasteiger charge is -2.18. The number of alkyl halides is 5. The molecule has 0 bridgehead atoms. The third-order valence-corrected chi connectivity index (χ3v) is 2.39. The second kappa shape index (κ2) is 6.06. The predicted molar refractivity (Wildman–Crippen MR) is 65.0 cm³/mol. The summed E-state index contributed by atoms with van der Waals surface area (Å²) in [6.45, 7) is 1.61. The van der Waals surface area contributed by atoms with Crippen LogP contribution < -0.4 is 10.6 Å². The maximum atomic E-state index is 12.7. The van der Waals surface area contributed by atoms with E-state index in [2.05, 4.69) is 5.32 Å². The van der Waals surface area contributed by atoms with Crippen LogP contribution in [-0.2, 0) is 9.59 Å². The molecule has 21 heavy (non-hydrogen) atoms. The van der Waals surface area contributed by atoms with E-state index in [0.717, 1.165) is 12.1 Å². The fourth-order valence-corrected chi connectivity index (χ4v) is 1.22. The van der Waals surface area contributed by atoms with Crippen LogP contribution in [0.4, 0.5) is 33.3 Å². The monoisotopic (exact) mass is 310 g/mol. The summed E-state index contributed by atoms with van der Waals surface area (Å²) in [5.41, 5.74) is 0.0702. The molecule has 0 unspecified atom stereocenters. The van der Waals surface area contributed by atoms with Crippen LogP contribution in [0.5, 0.6) is 0 Å². The van der Waals surface area contributed by atoms with Gasteiger partial charge in [-0.15, -0.1) is 0 Å². The van der Waals surface area contributed by atoms with Crippen molar-refractivity contribution in [1.29, 1.82) is 0 Å². The highest BCUT2D eigenvalue weighted by Gasteiger charge is 2.63. The van der Waals surface area contributed by atoms with E-state index in [9.17, 15) is 31.5 Å². The van der Waals surface area contributed by atoms with Crippen molar-refractivity contribution in [3.63, 3.8) is 0 Å². The predicted octanol–water partition coefficient (Wildman–Crippen LogP) is 3.17. The number of rotatable bonds is 4. The van der Waals surface area contributed by atoms with Crippen molar-refractivity contribution in [2.75, 3.05) is 10.6 Å². The van der Waals surface area contributed by atoms with Crippen LogP contribution in [0.3, 0.4) is 0 Å². The van der Waals surface area contributed by atoms with Crippen LogP contribution in [0.2, 0.25) is 0 Å². The second-order valence-electron chi connectivity index (χ2n) is 4.01. The van der Waals surface area contributed by atoms with E-state index < -0.39 is 18.0 Å². The number of hydrogen-bond acceptors (Lipinski definition) is 2. The van der Waals surface area contributed by atoms with Gasteiger partial charge in [0.1, 0.15) is 0 Å². The van der Waals surface area contributed by atoms with Crippen LogP contribution in [0.15, 0.2) is 24.3 Å². The average molecular weight is 310 g/mol. The van der Waals surface area contributed by atoms with Gasteiger partial charge in [0.25, 0.3) is 0 Å². The van der Waals surface area contributed by atoms with Crippen molar-refractivity contribution < 1.29 is 31.5 Å². The van der Waals surface area contributed by atoms with Gasteiger partial charge in [-0.3, -0.25) is 9.59 Å². The molecule has 0 aliphatic heterocycles. The summed E-state index contributed by atoms with van der Waals surface area (Å²) in [5, 5.41) is 3.91. The van der Waals surface area contributed by atoms with Gasteiger partial charge in [0, 0.05) is 17.8 Å². The first kappa shape index (κ1) is 16.9. The Morgan fingerprint density at radius 3 is 1.76 bits per heavy atom. The largest absolute Gasteiger partial charge is 0.463 e. The Morgan fingerprint density at radius 2 is 1.38 bits per heavy atom. The number of amides is 2. The van der Waals surface area contributed by atoms with Crippen LogP contribution in [0, 0.1) is 0 Å². The maximum absolute atomic E-state index is 12.7. The molecule has 0 saturated carbocycles. The highest BCUT2D eigenvalue weighted by molar-refractivity contribution is 5.97. The molecule has 0 atom stereocenters. The normalized spacial score (nSPS) is 11.9.